The van der Waals surface area contributed by atoms with Crippen molar-refractivity contribution in [2.24, 2.45) is 0 Å². The number of fused-ring (bicyclic) bond motifs is 1. The van der Waals surface area contributed by atoms with Crippen molar-refractivity contribution < 1.29 is 9.90 Å². The van der Waals surface area contributed by atoms with Gasteiger partial charge in [0.15, 0.2) is 0 Å². The van der Waals surface area contributed by atoms with Gasteiger partial charge in [-0.2, -0.15) is 0 Å². The summed E-state index contributed by atoms with van der Waals surface area (Å²) >= 11 is 1.16. The van der Waals surface area contributed by atoms with Crippen LogP contribution in [0.15, 0.2) is 29.6 Å². The zero-order chi connectivity index (χ0) is 14.8. The molecule has 0 bridgehead atoms. The Bertz CT molecular complexity index is 791. The van der Waals surface area contributed by atoms with Gasteiger partial charge in [-0.25, -0.2) is 14.8 Å². The van der Waals surface area contributed by atoms with E-state index in [0.29, 0.717) is 6.54 Å². The van der Waals surface area contributed by atoms with Crippen LogP contribution in [-0.2, 0) is 13.0 Å². The molecule has 0 aliphatic heterocycles. The van der Waals surface area contributed by atoms with Crippen LogP contribution in [0.2, 0.25) is 0 Å². The van der Waals surface area contributed by atoms with Gasteiger partial charge in [0.1, 0.15) is 5.82 Å². The number of benzene rings is 1. The summed E-state index contributed by atoms with van der Waals surface area (Å²) in [5.74, 6) is 0.0408. The summed E-state index contributed by atoms with van der Waals surface area (Å²) in [5, 5.41) is 10.9. The molecule has 3 rings (SSSR count). The smallest absolute Gasteiger partial charge is 0.365 e. The molecule has 0 amide bonds. The van der Waals surface area contributed by atoms with Crippen LogP contribution in [0.4, 0.5) is 0 Å². The van der Waals surface area contributed by atoms with E-state index in [0.717, 1.165) is 46.7 Å². The second-order valence-electron chi connectivity index (χ2n) is 4.80. The van der Waals surface area contributed by atoms with Crippen molar-refractivity contribution in [3.8, 4) is 0 Å². The minimum Gasteiger partial charge on any atom is -0.476 e. The molecule has 108 valence electrons. The lowest BCUT2D eigenvalue weighted by Gasteiger charge is -2.06. The van der Waals surface area contributed by atoms with Crippen LogP contribution in [0.25, 0.3) is 11.0 Å². The molecule has 5 nitrogen and oxygen atoms in total. The van der Waals surface area contributed by atoms with Gasteiger partial charge < -0.3 is 9.67 Å². The lowest BCUT2D eigenvalue weighted by molar-refractivity contribution is 0.0696. The summed E-state index contributed by atoms with van der Waals surface area (Å²) in [5.41, 5.74) is 2.79. The lowest BCUT2D eigenvalue weighted by Crippen LogP contribution is -2.06. The minimum atomic E-state index is -0.976. The van der Waals surface area contributed by atoms with Crippen molar-refractivity contribution in [3.63, 3.8) is 0 Å². The fourth-order valence-corrected chi connectivity index (χ4v) is 3.00. The molecule has 2 aromatic heterocycles. The molecule has 0 saturated carbocycles. The zero-order valence-electron chi connectivity index (χ0n) is 11.6. The monoisotopic (exact) mass is 301 g/mol. The Hall–Kier alpha value is -2.21. The SMILES string of the molecule is CCCc1nc2ccccc2n1Cc1csc(C(=O)O)n1. The number of carboxylic acid groups (broad SMARTS) is 1. The number of aromatic carboxylic acids is 1. The first-order chi connectivity index (χ1) is 10.2. The highest BCUT2D eigenvalue weighted by Crippen LogP contribution is 2.20. The Balaban J connectivity index is 2.01. The molecule has 3 aromatic rings. The van der Waals surface area contributed by atoms with Gasteiger partial charge in [0.05, 0.1) is 23.3 Å². The van der Waals surface area contributed by atoms with Crippen LogP contribution in [0.5, 0.6) is 0 Å². The van der Waals surface area contributed by atoms with E-state index in [-0.39, 0.29) is 5.01 Å². The molecule has 0 aliphatic rings. The predicted molar refractivity (Wildman–Crippen MR) is 81.9 cm³/mol. The molecule has 0 atom stereocenters. The molecule has 0 spiro atoms. The molecule has 1 N–H and O–H groups in total. The lowest BCUT2D eigenvalue weighted by atomic mass is 10.3. The second-order valence-corrected chi connectivity index (χ2v) is 5.66. The van der Waals surface area contributed by atoms with Crippen molar-refractivity contribution in [1.82, 2.24) is 14.5 Å². The summed E-state index contributed by atoms with van der Waals surface area (Å²) in [6.07, 6.45) is 1.91. The maximum Gasteiger partial charge on any atom is 0.365 e. The number of nitrogens with zero attached hydrogens (tertiary/aromatic N) is 3. The van der Waals surface area contributed by atoms with Crippen molar-refractivity contribution >= 4 is 28.3 Å². The number of hydrogen-bond donors (Lipinski definition) is 1. The van der Waals surface area contributed by atoms with E-state index < -0.39 is 5.97 Å². The van der Waals surface area contributed by atoms with Gasteiger partial charge in [-0.15, -0.1) is 11.3 Å². The normalized spacial score (nSPS) is 11.1. The first-order valence-electron chi connectivity index (χ1n) is 6.81. The Morgan fingerprint density at radius 2 is 2.14 bits per heavy atom. The average Bonchev–Trinajstić information content (AvgIpc) is 3.06. The first kappa shape index (κ1) is 13.8. The summed E-state index contributed by atoms with van der Waals surface area (Å²) < 4.78 is 2.12. The van der Waals surface area contributed by atoms with E-state index in [9.17, 15) is 4.79 Å². The zero-order valence-corrected chi connectivity index (χ0v) is 12.4. The van der Waals surface area contributed by atoms with Crippen LogP contribution in [0.3, 0.4) is 0 Å². The molecule has 0 radical (unpaired) electrons. The predicted octanol–water partition coefficient (Wildman–Crippen LogP) is 3.19. The van der Waals surface area contributed by atoms with Gasteiger partial charge in [0.2, 0.25) is 5.01 Å². The number of aryl methyl sites for hydroxylation is 1. The van der Waals surface area contributed by atoms with E-state index in [1.54, 1.807) is 5.38 Å². The van der Waals surface area contributed by atoms with E-state index in [4.69, 9.17) is 5.11 Å². The number of carbonyl (C=O) groups is 1. The number of rotatable bonds is 5. The highest BCUT2D eigenvalue weighted by atomic mass is 32.1. The maximum atomic E-state index is 10.9. The highest BCUT2D eigenvalue weighted by Gasteiger charge is 2.13. The molecule has 0 saturated heterocycles. The third-order valence-electron chi connectivity index (χ3n) is 3.26. The number of para-hydroxylation sites is 2. The number of aromatic nitrogens is 3. The van der Waals surface area contributed by atoms with E-state index in [1.807, 2.05) is 24.3 Å². The van der Waals surface area contributed by atoms with Crippen LogP contribution in [0, 0.1) is 0 Å². The van der Waals surface area contributed by atoms with Gasteiger partial charge >= 0.3 is 5.97 Å². The van der Waals surface area contributed by atoms with Gasteiger partial charge in [0.25, 0.3) is 0 Å². The molecule has 1 aromatic carbocycles. The number of carboxylic acids is 1. The van der Waals surface area contributed by atoms with Crippen molar-refractivity contribution in [1.29, 1.82) is 0 Å². The van der Waals surface area contributed by atoms with Gasteiger partial charge in [-0.3, -0.25) is 0 Å². The van der Waals surface area contributed by atoms with Crippen LogP contribution in [0.1, 0.15) is 34.7 Å². The van der Waals surface area contributed by atoms with Crippen molar-refractivity contribution in [3.05, 3.63) is 46.2 Å². The fourth-order valence-electron chi connectivity index (χ4n) is 2.36. The quantitative estimate of drug-likeness (QED) is 0.786. The van der Waals surface area contributed by atoms with E-state index in [2.05, 4.69) is 21.5 Å². The highest BCUT2D eigenvalue weighted by molar-refractivity contribution is 7.11. The van der Waals surface area contributed by atoms with E-state index in [1.165, 1.54) is 0 Å². The Morgan fingerprint density at radius 1 is 1.33 bits per heavy atom. The molecule has 21 heavy (non-hydrogen) atoms. The third kappa shape index (κ3) is 2.67. The Labute approximate surface area is 125 Å². The average molecular weight is 301 g/mol. The molecular weight excluding hydrogens is 286 g/mol. The van der Waals surface area contributed by atoms with Crippen molar-refractivity contribution in [2.75, 3.05) is 0 Å². The molecule has 2 heterocycles. The molecular formula is C15H15N3O2S. The standard InChI is InChI=1S/C15H15N3O2S/c1-2-5-13-17-11-6-3-4-7-12(11)18(13)8-10-9-21-14(16-10)15(19)20/h3-4,6-7,9H,2,5,8H2,1H3,(H,19,20). The molecule has 6 heteroatoms. The summed E-state index contributed by atoms with van der Waals surface area (Å²) in [6.45, 7) is 2.68. The van der Waals surface area contributed by atoms with Gasteiger partial charge in [0, 0.05) is 11.8 Å². The van der Waals surface area contributed by atoms with Crippen LogP contribution < -0.4 is 0 Å². The summed E-state index contributed by atoms with van der Waals surface area (Å²) in [7, 11) is 0. The van der Waals surface area contributed by atoms with Gasteiger partial charge in [-0.1, -0.05) is 19.1 Å². The summed E-state index contributed by atoms with van der Waals surface area (Å²) in [6, 6.07) is 7.99. The number of thiazole rings is 1. The topological polar surface area (TPSA) is 68.0 Å². The fraction of sp³-hybridized carbons (Fsp3) is 0.267. The summed E-state index contributed by atoms with van der Waals surface area (Å²) in [4.78, 5) is 19.8. The number of hydrogen-bond acceptors (Lipinski definition) is 4. The maximum absolute atomic E-state index is 10.9. The van der Waals surface area contributed by atoms with Crippen LogP contribution in [-0.4, -0.2) is 25.6 Å². The Kier molecular flexibility index (Phi) is 3.70. The molecule has 0 aliphatic carbocycles. The van der Waals surface area contributed by atoms with Crippen molar-refractivity contribution in [2.45, 2.75) is 26.3 Å². The molecule has 0 unspecified atom stereocenters. The Morgan fingerprint density at radius 3 is 2.86 bits per heavy atom. The minimum absolute atomic E-state index is 0.131. The molecule has 0 fully saturated rings. The van der Waals surface area contributed by atoms with E-state index >= 15 is 0 Å². The first-order valence-corrected chi connectivity index (χ1v) is 7.69. The second kappa shape index (κ2) is 5.65. The number of imidazole rings is 1. The van der Waals surface area contributed by atoms with Crippen LogP contribution >= 0.6 is 11.3 Å². The van der Waals surface area contributed by atoms with Gasteiger partial charge in [-0.05, 0) is 18.6 Å². The largest absolute Gasteiger partial charge is 0.476 e. The third-order valence-corrected chi connectivity index (χ3v) is 4.14.